The Bertz CT molecular complexity index is 742. The van der Waals surface area contributed by atoms with Crippen molar-refractivity contribution in [2.75, 3.05) is 12.3 Å². The molecule has 0 aromatic heterocycles. The molecule has 0 amide bonds. The zero-order valence-corrected chi connectivity index (χ0v) is 14.2. The van der Waals surface area contributed by atoms with Gasteiger partial charge in [0.2, 0.25) is 10.0 Å². The fourth-order valence-electron chi connectivity index (χ4n) is 2.43. The topological polar surface area (TPSA) is 46.2 Å². The van der Waals surface area contributed by atoms with Crippen molar-refractivity contribution in [3.63, 3.8) is 0 Å². The van der Waals surface area contributed by atoms with Gasteiger partial charge in [0, 0.05) is 12.1 Å². The van der Waals surface area contributed by atoms with Gasteiger partial charge in [-0.25, -0.2) is 17.5 Å². The van der Waals surface area contributed by atoms with Crippen molar-refractivity contribution in [1.82, 2.24) is 4.72 Å². The van der Waals surface area contributed by atoms with Crippen LogP contribution in [0.2, 0.25) is 0 Å². The number of rotatable bonds is 7. The number of hydrogen-bond acceptors (Lipinski definition) is 2. The van der Waals surface area contributed by atoms with E-state index in [-0.39, 0.29) is 17.5 Å². The second-order valence-corrected chi connectivity index (χ2v) is 7.53. The van der Waals surface area contributed by atoms with Crippen molar-refractivity contribution in [3.8, 4) is 11.1 Å². The highest BCUT2D eigenvalue weighted by atomic mass is 32.2. The Morgan fingerprint density at radius 2 is 1.74 bits per heavy atom. The van der Waals surface area contributed by atoms with Crippen LogP contribution in [-0.4, -0.2) is 20.7 Å². The van der Waals surface area contributed by atoms with Gasteiger partial charge in [0.15, 0.2) is 0 Å². The largest absolute Gasteiger partial charge is 0.215 e. The predicted molar refractivity (Wildman–Crippen MR) is 92.3 cm³/mol. The van der Waals surface area contributed by atoms with Crippen molar-refractivity contribution in [2.45, 2.75) is 26.2 Å². The van der Waals surface area contributed by atoms with Gasteiger partial charge in [0.25, 0.3) is 0 Å². The average Bonchev–Trinajstić information content (AvgIpc) is 2.53. The van der Waals surface area contributed by atoms with Crippen molar-refractivity contribution in [1.29, 1.82) is 0 Å². The number of sulfonamides is 1. The first-order valence-electron chi connectivity index (χ1n) is 7.75. The average molecular weight is 335 g/mol. The molecule has 2 rings (SSSR count). The molecule has 1 unspecified atom stereocenters. The summed E-state index contributed by atoms with van der Waals surface area (Å²) in [6.07, 6.45) is 0.769. The van der Waals surface area contributed by atoms with Gasteiger partial charge in [-0.15, -0.1) is 0 Å². The summed E-state index contributed by atoms with van der Waals surface area (Å²) < 4.78 is 40.3. The molecule has 124 valence electrons. The van der Waals surface area contributed by atoms with E-state index in [1.807, 2.05) is 38.1 Å². The Kier molecular flexibility index (Phi) is 5.91. The lowest BCUT2D eigenvalue weighted by molar-refractivity contribution is 0.575. The van der Waals surface area contributed by atoms with Crippen LogP contribution in [0.5, 0.6) is 0 Å². The van der Waals surface area contributed by atoms with Gasteiger partial charge in [-0.2, -0.15) is 0 Å². The van der Waals surface area contributed by atoms with Gasteiger partial charge < -0.3 is 0 Å². The molecule has 0 aliphatic rings. The first-order chi connectivity index (χ1) is 10.9. The summed E-state index contributed by atoms with van der Waals surface area (Å²) in [5, 5.41) is 0. The first-order valence-corrected chi connectivity index (χ1v) is 9.40. The maximum atomic E-state index is 13.8. The second kappa shape index (κ2) is 7.70. The minimum Gasteiger partial charge on any atom is -0.215 e. The third-order valence-electron chi connectivity index (χ3n) is 3.71. The molecule has 0 aliphatic carbocycles. The van der Waals surface area contributed by atoms with Gasteiger partial charge in [-0.05, 0) is 29.5 Å². The molecule has 0 saturated heterocycles. The van der Waals surface area contributed by atoms with E-state index in [4.69, 9.17) is 0 Å². The summed E-state index contributed by atoms with van der Waals surface area (Å²) in [6, 6.07) is 14.0. The molecule has 2 aromatic rings. The van der Waals surface area contributed by atoms with E-state index in [2.05, 4.69) is 4.72 Å². The van der Waals surface area contributed by atoms with Gasteiger partial charge in [-0.1, -0.05) is 56.3 Å². The zero-order chi connectivity index (χ0) is 16.9. The molecule has 1 atom stereocenters. The van der Waals surface area contributed by atoms with Crippen LogP contribution < -0.4 is 4.72 Å². The second-order valence-electron chi connectivity index (χ2n) is 5.68. The van der Waals surface area contributed by atoms with Crippen LogP contribution in [0.15, 0.2) is 48.5 Å². The Labute approximate surface area is 137 Å². The molecule has 1 N–H and O–H groups in total. The summed E-state index contributed by atoms with van der Waals surface area (Å²) in [7, 11) is -3.27. The summed E-state index contributed by atoms with van der Waals surface area (Å²) in [4.78, 5) is 0. The summed E-state index contributed by atoms with van der Waals surface area (Å²) in [6.45, 7) is 4.26. The normalized spacial score (nSPS) is 13.0. The van der Waals surface area contributed by atoms with E-state index < -0.39 is 10.0 Å². The third kappa shape index (κ3) is 4.88. The fourth-order valence-corrected chi connectivity index (χ4v) is 3.91. The van der Waals surface area contributed by atoms with Crippen molar-refractivity contribution < 1.29 is 12.8 Å². The quantitative estimate of drug-likeness (QED) is 0.833. The van der Waals surface area contributed by atoms with Crippen LogP contribution in [0, 0.1) is 5.82 Å². The van der Waals surface area contributed by atoms with Gasteiger partial charge >= 0.3 is 0 Å². The lowest BCUT2D eigenvalue weighted by Gasteiger charge is -2.14. The van der Waals surface area contributed by atoms with E-state index in [0.29, 0.717) is 12.1 Å². The van der Waals surface area contributed by atoms with Crippen molar-refractivity contribution in [2.24, 2.45) is 0 Å². The van der Waals surface area contributed by atoms with E-state index >= 15 is 0 Å². The standard InChI is InChI=1S/C18H22FNO2S/c1-3-12-20-23(21,22)13-14(2)15-8-10-16(11-9-15)17-6-4-5-7-18(17)19/h4-11,14,20H,3,12-13H2,1-2H3. The minimum atomic E-state index is -3.27. The lowest BCUT2D eigenvalue weighted by Crippen LogP contribution is -2.29. The van der Waals surface area contributed by atoms with Crippen LogP contribution in [0.1, 0.15) is 31.7 Å². The predicted octanol–water partition coefficient (Wildman–Crippen LogP) is 3.93. The lowest BCUT2D eigenvalue weighted by atomic mass is 9.98. The zero-order valence-electron chi connectivity index (χ0n) is 13.4. The summed E-state index contributed by atoms with van der Waals surface area (Å²) in [5.41, 5.74) is 2.25. The van der Waals surface area contributed by atoms with Crippen LogP contribution in [-0.2, 0) is 10.0 Å². The molecule has 0 heterocycles. The smallest absolute Gasteiger partial charge is 0.212 e. The molecule has 0 bridgehead atoms. The highest BCUT2D eigenvalue weighted by molar-refractivity contribution is 7.89. The number of halogens is 1. The number of benzene rings is 2. The number of hydrogen-bond donors (Lipinski definition) is 1. The maximum absolute atomic E-state index is 13.8. The molecular formula is C18H22FNO2S. The molecule has 23 heavy (non-hydrogen) atoms. The Morgan fingerprint density at radius 1 is 1.09 bits per heavy atom. The monoisotopic (exact) mass is 335 g/mol. The third-order valence-corrected chi connectivity index (χ3v) is 5.29. The fraction of sp³-hybridized carbons (Fsp3) is 0.333. The highest BCUT2D eigenvalue weighted by Gasteiger charge is 2.16. The van der Waals surface area contributed by atoms with E-state index in [9.17, 15) is 12.8 Å². The molecule has 0 saturated carbocycles. The maximum Gasteiger partial charge on any atom is 0.212 e. The SMILES string of the molecule is CCCNS(=O)(=O)CC(C)c1ccc(-c2ccccc2F)cc1. The molecule has 0 aliphatic heterocycles. The number of nitrogens with one attached hydrogen (secondary N) is 1. The van der Waals surface area contributed by atoms with E-state index in [0.717, 1.165) is 17.5 Å². The van der Waals surface area contributed by atoms with Gasteiger partial charge in [0.1, 0.15) is 5.82 Å². The molecule has 0 radical (unpaired) electrons. The highest BCUT2D eigenvalue weighted by Crippen LogP contribution is 2.25. The summed E-state index contributed by atoms with van der Waals surface area (Å²) in [5.74, 6) is -0.342. The van der Waals surface area contributed by atoms with Crippen LogP contribution in [0.4, 0.5) is 4.39 Å². The minimum absolute atomic E-state index is 0.0477. The van der Waals surface area contributed by atoms with Crippen LogP contribution in [0.25, 0.3) is 11.1 Å². The molecular weight excluding hydrogens is 313 g/mol. The van der Waals surface area contributed by atoms with E-state index in [1.54, 1.807) is 18.2 Å². The molecule has 0 fully saturated rings. The Morgan fingerprint density at radius 3 is 2.35 bits per heavy atom. The Balaban J connectivity index is 2.12. The molecule has 0 spiro atoms. The van der Waals surface area contributed by atoms with Gasteiger partial charge in [-0.3, -0.25) is 0 Å². The Hall–Kier alpha value is -1.72. The molecule has 2 aromatic carbocycles. The van der Waals surface area contributed by atoms with E-state index in [1.165, 1.54) is 6.07 Å². The first kappa shape index (κ1) is 17.6. The molecule has 5 heteroatoms. The van der Waals surface area contributed by atoms with Crippen LogP contribution >= 0.6 is 0 Å². The summed E-state index contributed by atoms with van der Waals surface area (Å²) >= 11 is 0. The molecule has 3 nitrogen and oxygen atoms in total. The van der Waals surface area contributed by atoms with Crippen molar-refractivity contribution >= 4 is 10.0 Å². The van der Waals surface area contributed by atoms with Gasteiger partial charge in [0.05, 0.1) is 5.75 Å². The van der Waals surface area contributed by atoms with Crippen LogP contribution in [0.3, 0.4) is 0 Å². The van der Waals surface area contributed by atoms with Crippen molar-refractivity contribution in [3.05, 3.63) is 59.9 Å².